The van der Waals surface area contributed by atoms with E-state index in [2.05, 4.69) is 10.6 Å². The van der Waals surface area contributed by atoms with Crippen LogP contribution < -0.4 is 15.4 Å². The second kappa shape index (κ2) is 10.8. The van der Waals surface area contributed by atoms with Crippen molar-refractivity contribution in [2.75, 3.05) is 10.6 Å². The van der Waals surface area contributed by atoms with E-state index in [4.69, 9.17) is 16.3 Å². The van der Waals surface area contributed by atoms with E-state index in [0.29, 0.717) is 36.3 Å². The second-order valence-corrected chi connectivity index (χ2v) is 8.18. The van der Waals surface area contributed by atoms with Gasteiger partial charge in [0.05, 0.1) is 0 Å². The molecule has 0 aliphatic carbocycles. The van der Waals surface area contributed by atoms with Gasteiger partial charge in [0.2, 0.25) is 5.91 Å². The summed E-state index contributed by atoms with van der Waals surface area (Å²) < 4.78 is 19.0. The van der Waals surface area contributed by atoms with E-state index in [1.807, 2.05) is 50.2 Å². The summed E-state index contributed by atoms with van der Waals surface area (Å²) in [6.45, 7) is 4.84. The van der Waals surface area contributed by atoms with Gasteiger partial charge in [-0.3, -0.25) is 4.79 Å². The Bertz CT molecular complexity index is 1020. The van der Waals surface area contributed by atoms with Crippen LogP contribution in [0.25, 0.3) is 0 Å². The minimum absolute atomic E-state index is 0.00142. The van der Waals surface area contributed by atoms with Crippen LogP contribution in [0, 0.1) is 11.7 Å². The number of rotatable bonds is 9. The number of hydrogen-bond donors (Lipinski definition) is 2. The van der Waals surface area contributed by atoms with Crippen LogP contribution in [0.15, 0.2) is 66.7 Å². The molecule has 0 aliphatic rings. The molecule has 2 N–H and O–H groups in total. The number of halogens is 2. The molecule has 3 aromatic carbocycles. The summed E-state index contributed by atoms with van der Waals surface area (Å²) in [4.78, 5) is 12.0. The van der Waals surface area contributed by atoms with Crippen molar-refractivity contribution in [2.24, 2.45) is 5.92 Å². The van der Waals surface area contributed by atoms with Gasteiger partial charge in [-0.05, 0) is 60.0 Å². The van der Waals surface area contributed by atoms with Crippen LogP contribution in [0.4, 0.5) is 15.8 Å². The number of carbonyl (C=O) groups excluding carboxylic acids is 1. The summed E-state index contributed by atoms with van der Waals surface area (Å²) in [7, 11) is 0. The maximum atomic E-state index is 13.1. The molecule has 3 rings (SSSR count). The number of anilines is 2. The molecule has 0 saturated carbocycles. The number of ether oxygens (including phenoxy) is 1. The molecule has 31 heavy (non-hydrogen) atoms. The molecule has 0 heterocycles. The Balaban J connectivity index is 1.64. The minimum atomic E-state index is -0.275. The average Bonchev–Trinajstić information content (AvgIpc) is 2.72. The molecular weight excluding hydrogens is 415 g/mol. The monoisotopic (exact) mass is 440 g/mol. The Morgan fingerprint density at radius 2 is 1.77 bits per heavy atom. The largest absolute Gasteiger partial charge is 0.489 e. The first-order chi connectivity index (χ1) is 14.9. The van der Waals surface area contributed by atoms with E-state index in [0.717, 1.165) is 22.5 Å². The Kier molecular flexibility index (Phi) is 7.90. The minimum Gasteiger partial charge on any atom is -0.489 e. The molecule has 162 valence electrons. The van der Waals surface area contributed by atoms with Crippen molar-refractivity contribution in [3.8, 4) is 5.75 Å². The average molecular weight is 441 g/mol. The fourth-order valence-corrected chi connectivity index (χ4v) is 3.25. The molecule has 0 aliphatic heterocycles. The third-order valence-electron chi connectivity index (χ3n) is 4.55. The van der Waals surface area contributed by atoms with Crippen LogP contribution >= 0.6 is 11.6 Å². The molecule has 0 radical (unpaired) electrons. The Morgan fingerprint density at radius 1 is 1.03 bits per heavy atom. The predicted octanol–water partition coefficient (Wildman–Crippen LogP) is 6.65. The molecule has 0 aromatic heterocycles. The quantitative estimate of drug-likeness (QED) is 0.391. The van der Waals surface area contributed by atoms with Crippen LogP contribution in [0.5, 0.6) is 5.75 Å². The highest BCUT2D eigenvalue weighted by Gasteiger charge is 2.08. The van der Waals surface area contributed by atoms with Gasteiger partial charge in [0, 0.05) is 34.9 Å². The zero-order valence-corrected chi connectivity index (χ0v) is 18.4. The first kappa shape index (κ1) is 22.6. The van der Waals surface area contributed by atoms with Gasteiger partial charge in [-0.2, -0.15) is 0 Å². The van der Waals surface area contributed by atoms with Crippen molar-refractivity contribution < 1.29 is 13.9 Å². The van der Waals surface area contributed by atoms with Crippen molar-refractivity contribution in [1.29, 1.82) is 0 Å². The topological polar surface area (TPSA) is 50.4 Å². The van der Waals surface area contributed by atoms with E-state index < -0.39 is 0 Å². The highest BCUT2D eigenvalue weighted by molar-refractivity contribution is 6.30. The third-order valence-corrected chi connectivity index (χ3v) is 4.79. The molecular formula is C25H26ClFN2O2. The molecule has 0 fully saturated rings. The van der Waals surface area contributed by atoms with Crippen LogP contribution in [-0.4, -0.2) is 5.91 Å². The zero-order valence-electron chi connectivity index (χ0n) is 17.6. The highest BCUT2D eigenvalue weighted by Crippen LogP contribution is 2.26. The van der Waals surface area contributed by atoms with Crippen LogP contribution in [-0.2, 0) is 17.9 Å². The van der Waals surface area contributed by atoms with Crippen molar-refractivity contribution in [2.45, 2.75) is 33.4 Å². The van der Waals surface area contributed by atoms with E-state index in [-0.39, 0.29) is 11.7 Å². The standard InChI is InChI=1S/C25H26ClFN2O2/c1-17(2)12-25(30)29-23-5-3-4-22(14-23)28-15-19-13-20(26)8-11-24(19)31-16-18-6-9-21(27)10-7-18/h3-11,13-14,17,28H,12,15-16H2,1-2H3,(H,29,30). The summed E-state index contributed by atoms with van der Waals surface area (Å²) in [5.74, 6) is 0.723. The SMILES string of the molecule is CC(C)CC(=O)Nc1cccc(NCc2cc(Cl)ccc2OCc2ccc(F)cc2)c1. The van der Waals surface area contributed by atoms with E-state index in [1.165, 1.54) is 12.1 Å². The number of hydrogen-bond acceptors (Lipinski definition) is 3. The summed E-state index contributed by atoms with van der Waals surface area (Å²) in [5, 5.41) is 6.88. The number of nitrogens with one attached hydrogen (secondary N) is 2. The number of benzene rings is 3. The fourth-order valence-electron chi connectivity index (χ4n) is 3.06. The molecule has 4 nitrogen and oxygen atoms in total. The lowest BCUT2D eigenvalue weighted by Crippen LogP contribution is -2.14. The van der Waals surface area contributed by atoms with Crippen molar-refractivity contribution >= 4 is 28.9 Å². The van der Waals surface area contributed by atoms with Gasteiger partial charge >= 0.3 is 0 Å². The second-order valence-electron chi connectivity index (χ2n) is 7.75. The Labute approximate surface area is 187 Å². The lowest BCUT2D eigenvalue weighted by molar-refractivity contribution is -0.116. The summed E-state index contributed by atoms with van der Waals surface area (Å²) in [6, 6.07) is 19.2. The molecule has 0 atom stereocenters. The predicted molar refractivity (Wildman–Crippen MR) is 124 cm³/mol. The van der Waals surface area contributed by atoms with E-state index >= 15 is 0 Å². The van der Waals surface area contributed by atoms with Gasteiger partial charge in [-0.15, -0.1) is 0 Å². The van der Waals surface area contributed by atoms with Crippen molar-refractivity contribution in [3.63, 3.8) is 0 Å². The first-order valence-corrected chi connectivity index (χ1v) is 10.6. The van der Waals surface area contributed by atoms with Crippen LogP contribution in [0.2, 0.25) is 5.02 Å². The first-order valence-electron chi connectivity index (χ1n) is 10.2. The van der Waals surface area contributed by atoms with Gasteiger partial charge in [-0.1, -0.05) is 43.6 Å². The van der Waals surface area contributed by atoms with E-state index in [9.17, 15) is 9.18 Å². The van der Waals surface area contributed by atoms with Gasteiger partial charge < -0.3 is 15.4 Å². The molecule has 0 spiro atoms. The van der Waals surface area contributed by atoms with Crippen LogP contribution in [0.1, 0.15) is 31.4 Å². The smallest absolute Gasteiger partial charge is 0.224 e. The van der Waals surface area contributed by atoms with Crippen LogP contribution in [0.3, 0.4) is 0 Å². The Morgan fingerprint density at radius 3 is 2.52 bits per heavy atom. The zero-order chi connectivity index (χ0) is 22.2. The third kappa shape index (κ3) is 7.30. The molecule has 0 unspecified atom stereocenters. The molecule has 6 heteroatoms. The summed E-state index contributed by atoms with van der Waals surface area (Å²) >= 11 is 6.18. The lowest BCUT2D eigenvalue weighted by atomic mass is 10.1. The van der Waals surface area contributed by atoms with E-state index in [1.54, 1.807) is 18.2 Å². The van der Waals surface area contributed by atoms with Gasteiger partial charge in [0.15, 0.2) is 0 Å². The Hall–Kier alpha value is -3.05. The van der Waals surface area contributed by atoms with Gasteiger partial charge in [0.25, 0.3) is 0 Å². The molecule has 3 aromatic rings. The highest BCUT2D eigenvalue weighted by atomic mass is 35.5. The lowest BCUT2D eigenvalue weighted by Gasteiger charge is -2.14. The molecule has 1 amide bonds. The number of amides is 1. The molecule has 0 bridgehead atoms. The fraction of sp³-hybridized carbons (Fsp3) is 0.240. The molecule has 0 saturated heterocycles. The summed E-state index contributed by atoms with van der Waals surface area (Å²) in [6.07, 6.45) is 0.481. The van der Waals surface area contributed by atoms with Crippen molar-refractivity contribution in [3.05, 3.63) is 88.7 Å². The number of carbonyl (C=O) groups is 1. The van der Waals surface area contributed by atoms with Gasteiger partial charge in [-0.25, -0.2) is 4.39 Å². The normalized spacial score (nSPS) is 10.7. The summed E-state index contributed by atoms with van der Waals surface area (Å²) in [5.41, 5.74) is 3.38. The van der Waals surface area contributed by atoms with Gasteiger partial charge in [0.1, 0.15) is 18.2 Å². The maximum Gasteiger partial charge on any atom is 0.224 e. The maximum absolute atomic E-state index is 13.1. The van der Waals surface area contributed by atoms with Crippen molar-refractivity contribution in [1.82, 2.24) is 0 Å².